The van der Waals surface area contributed by atoms with E-state index in [1.807, 2.05) is 28.9 Å². The van der Waals surface area contributed by atoms with E-state index in [-0.39, 0.29) is 18.0 Å². The molecule has 0 amide bonds. The molecule has 7 rings (SSSR count). The van der Waals surface area contributed by atoms with Crippen molar-refractivity contribution in [3.8, 4) is 0 Å². The largest absolute Gasteiger partial charge is 0.385 e. The van der Waals surface area contributed by atoms with Gasteiger partial charge in [-0.1, -0.05) is 12.2 Å². The number of aliphatic hydroxyl groups excluding tert-OH is 1. The lowest BCUT2D eigenvalue weighted by Crippen LogP contribution is -2.33. The Kier molecular flexibility index (Phi) is 10.2. The number of nitrogens with zero attached hydrogens (tertiary/aromatic N) is 2. The van der Waals surface area contributed by atoms with Crippen molar-refractivity contribution in [2.45, 2.75) is 78.6 Å². The molecule has 2 aliphatic heterocycles. The van der Waals surface area contributed by atoms with Crippen molar-refractivity contribution in [2.24, 2.45) is 0 Å². The van der Waals surface area contributed by atoms with Crippen LogP contribution in [-0.4, -0.2) is 90.3 Å². The van der Waals surface area contributed by atoms with Crippen molar-refractivity contribution in [1.82, 2.24) is 0 Å². The lowest BCUT2D eigenvalue weighted by molar-refractivity contribution is -0.448. The molecule has 0 saturated heterocycles. The molecule has 2 fully saturated rings. The van der Waals surface area contributed by atoms with Crippen molar-refractivity contribution in [3.05, 3.63) is 94.2 Å². The molecule has 18 heteroatoms. The van der Waals surface area contributed by atoms with Crippen molar-refractivity contribution >= 4 is 59.5 Å². The van der Waals surface area contributed by atoms with Crippen LogP contribution in [0.3, 0.4) is 0 Å². The molecule has 5 aliphatic rings. The molecule has 14 nitrogen and oxygen atoms in total. The number of anilines is 1. The van der Waals surface area contributed by atoms with Gasteiger partial charge in [0.15, 0.2) is 12.3 Å². The van der Waals surface area contributed by atoms with Crippen LogP contribution in [-0.2, 0) is 45.5 Å². The topological polar surface area (TPSA) is 219 Å². The normalized spacial score (nSPS) is 24.7. The average Bonchev–Trinajstić information content (AvgIpc) is 3.68. The van der Waals surface area contributed by atoms with Gasteiger partial charge in [0, 0.05) is 45.4 Å². The van der Waals surface area contributed by atoms with E-state index < -0.39 is 58.8 Å². The SMILES string of the molecule is CC12CCC(=CC3=CC(=CC=C4N(CCS(=O)(=O)O)c5ccc(S(=O)(=O)O)cc5C45CC5)CCC3)C1=[N+](CC(O)CS(=O)(=O)O)c1ccc(SOO)cc12. The molecule has 2 aromatic rings. The Balaban J connectivity index is 1.25. The fourth-order valence-corrected chi connectivity index (χ4v) is 10.5. The molecule has 2 heterocycles. The summed E-state index contributed by atoms with van der Waals surface area (Å²) < 4.78 is 106. The number of aliphatic hydroxyl groups is 1. The summed E-state index contributed by atoms with van der Waals surface area (Å²) in [5, 5.41) is 19.8. The Labute approximate surface area is 318 Å². The Morgan fingerprint density at radius 1 is 0.944 bits per heavy atom. The molecule has 5 N–H and O–H groups in total. The van der Waals surface area contributed by atoms with Crippen molar-refractivity contribution in [3.63, 3.8) is 0 Å². The molecule has 54 heavy (non-hydrogen) atoms. The van der Waals surface area contributed by atoms with E-state index in [0.29, 0.717) is 35.4 Å². The minimum atomic E-state index is -4.47. The highest BCUT2D eigenvalue weighted by Gasteiger charge is 2.56. The quantitative estimate of drug-likeness (QED) is 0.0618. The fourth-order valence-electron chi connectivity index (χ4n) is 8.66. The molecule has 1 spiro atoms. The van der Waals surface area contributed by atoms with Crippen molar-refractivity contribution in [1.29, 1.82) is 0 Å². The lowest BCUT2D eigenvalue weighted by Gasteiger charge is -2.23. The van der Waals surface area contributed by atoms with Gasteiger partial charge in [0.2, 0.25) is 5.69 Å². The first-order valence-electron chi connectivity index (χ1n) is 17.4. The Hall–Kier alpha value is -3.17. The molecule has 0 bridgehead atoms. The molecular weight excluding hydrogens is 781 g/mol. The number of hydrogen-bond donors (Lipinski definition) is 5. The maximum atomic E-state index is 12.0. The van der Waals surface area contributed by atoms with Crippen molar-refractivity contribution < 1.29 is 58.2 Å². The first kappa shape index (κ1) is 39.1. The summed E-state index contributed by atoms with van der Waals surface area (Å²) in [6, 6.07) is 9.80. The highest BCUT2D eigenvalue weighted by Crippen LogP contribution is 2.62. The van der Waals surface area contributed by atoms with Crippen LogP contribution in [0.2, 0.25) is 0 Å². The number of benzene rings is 2. The van der Waals surface area contributed by atoms with Crippen LogP contribution in [0.4, 0.5) is 11.4 Å². The Bertz CT molecular complexity index is 2410. The van der Waals surface area contributed by atoms with Crippen LogP contribution in [0.1, 0.15) is 63.0 Å². The van der Waals surface area contributed by atoms with Crippen LogP contribution in [0.25, 0.3) is 0 Å². The number of rotatable bonds is 12. The highest BCUT2D eigenvalue weighted by molar-refractivity contribution is 7.94. The molecular formula is C36H41N2O12S4+. The van der Waals surface area contributed by atoms with E-state index in [1.165, 1.54) is 12.1 Å². The molecule has 2 atom stereocenters. The second-order valence-corrected chi connectivity index (χ2v) is 20.0. The summed E-state index contributed by atoms with van der Waals surface area (Å²) in [5.41, 5.74) is 6.82. The third kappa shape index (κ3) is 7.65. The predicted molar refractivity (Wildman–Crippen MR) is 202 cm³/mol. The summed E-state index contributed by atoms with van der Waals surface area (Å²) >= 11 is 0.802. The number of fused-ring (bicyclic) bond motifs is 5. The van der Waals surface area contributed by atoms with Gasteiger partial charge in [0.05, 0.1) is 28.1 Å². The van der Waals surface area contributed by atoms with E-state index in [4.69, 9.17) is 5.26 Å². The lowest BCUT2D eigenvalue weighted by atomic mass is 9.80. The maximum absolute atomic E-state index is 12.0. The standard InChI is InChI=1S/C36H40N2O12S4/c1-35-12-11-25(34(35)38(21-26(39)22-53(44,45)46)31-8-6-27(51-50-40)19-29(31)35)18-24-4-2-3-23(17-24)5-10-33-36(13-14-36)30-20-28(54(47,48)49)7-9-32(30)37(33)15-16-52(41,42)43/h5-10,17-20,26,39H,2-4,11-16,21-22H2,1H3,(H3-,40,41,42,43,44,45,46,47,48,49)/p+1. The van der Waals surface area contributed by atoms with E-state index in [0.717, 1.165) is 77.1 Å². The minimum Gasteiger partial charge on any atom is -0.385 e. The number of allylic oxidation sites excluding steroid dienone is 8. The van der Waals surface area contributed by atoms with Crippen LogP contribution >= 0.6 is 12.0 Å². The average molecular weight is 822 g/mol. The van der Waals surface area contributed by atoms with Crippen LogP contribution in [0.5, 0.6) is 0 Å². The summed E-state index contributed by atoms with van der Waals surface area (Å²) in [6.45, 7) is 1.97. The third-order valence-corrected chi connectivity index (χ3v) is 13.9. The molecule has 290 valence electrons. The smallest absolute Gasteiger partial charge is 0.294 e. The van der Waals surface area contributed by atoms with Gasteiger partial charge >= 0.3 is 0 Å². The summed E-state index contributed by atoms with van der Waals surface area (Å²) in [7, 11) is -13.2. The van der Waals surface area contributed by atoms with Gasteiger partial charge in [-0.25, -0.2) is 5.26 Å². The summed E-state index contributed by atoms with van der Waals surface area (Å²) in [4.78, 5) is 2.22. The van der Waals surface area contributed by atoms with Crippen LogP contribution in [0, 0.1) is 0 Å². The van der Waals surface area contributed by atoms with Crippen molar-refractivity contribution in [2.75, 3.05) is 29.5 Å². The summed E-state index contributed by atoms with van der Waals surface area (Å²) in [5.74, 6) is -1.35. The zero-order chi connectivity index (χ0) is 38.8. The molecule has 3 aliphatic carbocycles. The second kappa shape index (κ2) is 14.1. The van der Waals surface area contributed by atoms with Crippen LogP contribution in [0.15, 0.2) is 92.9 Å². The monoisotopic (exact) mass is 821 g/mol. The fraction of sp³-hybridized carbons (Fsp3) is 0.417. The maximum Gasteiger partial charge on any atom is 0.294 e. The Morgan fingerprint density at radius 3 is 2.37 bits per heavy atom. The van der Waals surface area contributed by atoms with Crippen LogP contribution < -0.4 is 4.90 Å². The zero-order valence-corrected chi connectivity index (χ0v) is 32.5. The summed E-state index contributed by atoms with van der Waals surface area (Å²) in [6.07, 6.45) is 12.1. The van der Waals surface area contributed by atoms with Gasteiger partial charge in [-0.15, -0.1) is 0 Å². The second-order valence-electron chi connectivity index (χ2n) is 14.7. The first-order chi connectivity index (χ1) is 25.3. The molecule has 0 aromatic heterocycles. The zero-order valence-electron chi connectivity index (χ0n) is 29.3. The van der Waals surface area contributed by atoms with Gasteiger partial charge in [-0.2, -0.15) is 34.2 Å². The minimum absolute atomic E-state index is 0.0522. The van der Waals surface area contributed by atoms with E-state index in [9.17, 15) is 44.0 Å². The highest BCUT2D eigenvalue weighted by atomic mass is 32.2. The first-order valence-corrected chi connectivity index (χ1v) is 22.8. The number of β-amino-alcohol motifs (C(OH)–C–C–N with tert-alkyl or cyclic N) is 1. The van der Waals surface area contributed by atoms with Gasteiger partial charge in [-0.05, 0) is 111 Å². The van der Waals surface area contributed by atoms with E-state index in [1.54, 1.807) is 17.0 Å². The Morgan fingerprint density at radius 2 is 1.70 bits per heavy atom. The van der Waals surface area contributed by atoms with Gasteiger partial charge in [-0.3, -0.25) is 13.7 Å². The predicted octanol–water partition coefficient (Wildman–Crippen LogP) is 5.12. The van der Waals surface area contributed by atoms with E-state index >= 15 is 0 Å². The molecule has 2 aromatic carbocycles. The molecule has 2 saturated carbocycles. The van der Waals surface area contributed by atoms with Gasteiger partial charge in [0.1, 0.15) is 11.9 Å². The molecule has 2 unspecified atom stereocenters. The molecule has 0 radical (unpaired) electrons. The van der Waals surface area contributed by atoms with E-state index in [2.05, 4.69) is 23.4 Å². The van der Waals surface area contributed by atoms with Gasteiger partial charge in [0.25, 0.3) is 30.4 Å². The van der Waals surface area contributed by atoms with Gasteiger partial charge < -0.3 is 10.0 Å². The third-order valence-electron chi connectivity index (χ3n) is 11.1. The number of hydrogen-bond acceptors (Lipinski definition) is 11.